The molecule has 0 amide bonds. The summed E-state index contributed by atoms with van der Waals surface area (Å²) >= 11 is 0. The second-order valence-electron chi connectivity index (χ2n) is 1.98. The second kappa shape index (κ2) is 3.16. The number of H-pyrrole nitrogens is 1. The normalized spacial score (nSPS) is 9.20. The van der Waals surface area contributed by atoms with Gasteiger partial charge in [0.15, 0.2) is 0 Å². The molecule has 1 aromatic heterocycles. The molecule has 0 aliphatic heterocycles. The summed E-state index contributed by atoms with van der Waals surface area (Å²) in [5, 5.41) is 1.15. The Morgan fingerprint density at radius 1 is 1.20 bits per heavy atom. The number of aromatic nitrogens is 1. The third-order valence-electron chi connectivity index (χ3n) is 1.38. The standard InChI is InChI=1S/C8H6N.Zr/c1-2-4-8-7(3-1)5-6-9-8;/h1-4,6,9H;. The molecule has 2 heteroatoms. The Hall–Kier alpha value is -0.357. The van der Waals surface area contributed by atoms with Crippen molar-refractivity contribution in [2.75, 3.05) is 0 Å². The van der Waals surface area contributed by atoms with Crippen LogP contribution < -0.4 is 0 Å². The van der Waals surface area contributed by atoms with Crippen LogP contribution in [0.15, 0.2) is 30.5 Å². The largest absolute Gasteiger partial charge is 0.361 e. The molecular weight excluding hydrogens is 201 g/mol. The van der Waals surface area contributed by atoms with Crippen LogP contribution in [0.4, 0.5) is 0 Å². The summed E-state index contributed by atoms with van der Waals surface area (Å²) in [6.45, 7) is 0. The van der Waals surface area contributed by atoms with Crippen molar-refractivity contribution in [3.63, 3.8) is 0 Å². The minimum Gasteiger partial charge on any atom is -0.361 e. The van der Waals surface area contributed by atoms with Gasteiger partial charge in [-0.1, -0.05) is 18.2 Å². The van der Waals surface area contributed by atoms with Crippen LogP contribution in [0.25, 0.3) is 10.9 Å². The zero-order valence-corrected chi connectivity index (χ0v) is 7.84. The maximum absolute atomic E-state index is 3.06. The van der Waals surface area contributed by atoms with E-state index in [1.807, 2.05) is 30.5 Å². The predicted octanol–water partition coefficient (Wildman–Crippen LogP) is 1.97. The molecule has 2 rings (SSSR count). The van der Waals surface area contributed by atoms with Crippen LogP contribution in [0.1, 0.15) is 0 Å². The first kappa shape index (κ1) is 7.75. The number of rotatable bonds is 0. The molecule has 1 nitrogen and oxygen atoms in total. The van der Waals surface area contributed by atoms with Crippen molar-refractivity contribution in [3.05, 3.63) is 36.5 Å². The van der Waals surface area contributed by atoms with Crippen LogP contribution in [0, 0.1) is 6.07 Å². The van der Waals surface area contributed by atoms with E-state index >= 15 is 0 Å². The smallest absolute Gasteiger partial charge is 0.0460 e. The molecule has 0 fully saturated rings. The Bertz CT molecular complexity index is 283. The number of hydrogen-bond acceptors (Lipinski definition) is 0. The van der Waals surface area contributed by atoms with Gasteiger partial charge in [-0.15, -0.1) is 0 Å². The molecule has 0 aliphatic carbocycles. The Balaban J connectivity index is 0.000000500. The third kappa shape index (κ3) is 1.22. The average molecular weight is 207 g/mol. The summed E-state index contributed by atoms with van der Waals surface area (Å²) in [7, 11) is 0. The van der Waals surface area contributed by atoms with Crippen molar-refractivity contribution in [2.24, 2.45) is 0 Å². The molecule has 0 saturated carbocycles. The third-order valence-corrected chi connectivity index (χ3v) is 1.38. The van der Waals surface area contributed by atoms with Crippen LogP contribution in [-0.2, 0) is 26.2 Å². The second-order valence-corrected chi connectivity index (χ2v) is 1.98. The fraction of sp³-hybridized carbons (Fsp3) is 0. The van der Waals surface area contributed by atoms with E-state index in [1.165, 1.54) is 0 Å². The van der Waals surface area contributed by atoms with Crippen molar-refractivity contribution >= 4 is 10.9 Å². The molecule has 0 unspecified atom stereocenters. The average Bonchev–Trinajstić information content (AvgIpc) is 2.33. The van der Waals surface area contributed by atoms with Gasteiger partial charge in [-0.25, -0.2) is 0 Å². The molecule has 0 aliphatic rings. The zero-order valence-electron chi connectivity index (χ0n) is 5.39. The molecule has 1 radical (unpaired) electrons. The zero-order chi connectivity index (χ0) is 6.10. The van der Waals surface area contributed by atoms with E-state index in [1.54, 1.807) is 0 Å². The van der Waals surface area contributed by atoms with E-state index in [4.69, 9.17) is 0 Å². The molecule has 1 aromatic carbocycles. The minimum absolute atomic E-state index is 0. The summed E-state index contributed by atoms with van der Waals surface area (Å²) in [5.41, 5.74) is 1.15. The molecule has 0 spiro atoms. The van der Waals surface area contributed by atoms with Crippen molar-refractivity contribution in [3.8, 4) is 0 Å². The fourth-order valence-electron chi connectivity index (χ4n) is 0.926. The van der Waals surface area contributed by atoms with Crippen LogP contribution >= 0.6 is 0 Å². The van der Waals surface area contributed by atoms with Crippen LogP contribution in [0.3, 0.4) is 0 Å². The van der Waals surface area contributed by atoms with E-state index in [-0.39, 0.29) is 26.2 Å². The number of fused-ring (bicyclic) bond motifs is 1. The van der Waals surface area contributed by atoms with Gasteiger partial charge >= 0.3 is 0 Å². The first-order valence-electron chi connectivity index (χ1n) is 2.90. The van der Waals surface area contributed by atoms with Gasteiger partial charge in [-0.05, 0) is 6.07 Å². The maximum Gasteiger partial charge on any atom is 0.0460 e. The van der Waals surface area contributed by atoms with E-state index in [0.717, 1.165) is 10.9 Å². The summed E-state index contributed by atoms with van der Waals surface area (Å²) in [6, 6.07) is 11.1. The van der Waals surface area contributed by atoms with Gasteiger partial charge in [-0.2, -0.15) is 0 Å². The molecule has 47 valence electrons. The van der Waals surface area contributed by atoms with E-state index in [0.29, 0.717) is 0 Å². The van der Waals surface area contributed by atoms with Crippen molar-refractivity contribution in [2.45, 2.75) is 0 Å². The first-order valence-corrected chi connectivity index (χ1v) is 2.90. The number of nitrogens with one attached hydrogen (secondary N) is 1. The molecule has 0 atom stereocenters. The van der Waals surface area contributed by atoms with Crippen LogP contribution in [-0.4, -0.2) is 4.98 Å². The molecular formula is C8H6NZr. The molecule has 0 saturated heterocycles. The van der Waals surface area contributed by atoms with Gasteiger partial charge in [-0.3, -0.25) is 0 Å². The predicted molar refractivity (Wildman–Crippen MR) is 37.1 cm³/mol. The summed E-state index contributed by atoms with van der Waals surface area (Å²) < 4.78 is 0. The Morgan fingerprint density at radius 3 is 2.80 bits per heavy atom. The summed E-state index contributed by atoms with van der Waals surface area (Å²) in [4.78, 5) is 3.06. The molecule has 1 N–H and O–H groups in total. The number of benzene rings is 1. The monoisotopic (exact) mass is 206 g/mol. The van der Waals surface area contributed by atoms with Crippen LogP contribution in [0.5, 0.6) is 0 Å². The fourth-order valence-corrected chi connectivity index (χ4v) is 0.926. The van der Waals surface area contributed by atoms with Gasteiger partial charge in [0.1, 0.15) is 0 Å². The molecule has 2 aromatic rings. The van der Waals surface area contributed by atoms with Gasteiger partial charge in [0.05, 0.1) is 0 Å². The van der Waals surface area contributed by atoms with Gasteiger partial charge < -0.3 is 4.98 Å². The first-order chi connectivity index (χ1) is 4.47. The van der Waals surface area contributed by atoms with E-state index in [9.17, 15) is 0 Å². The summed E-state index contributed by atoms with van der Waals surface area (Å²) in [5.74, 6) is 0. The van der Waals surface area contributed by atoms with E-state index in [2.05, 4.69) is 11.1 Å². The maximum atomic E-state index is 3.06. The minimum atomic E-state index is 0. The molecule has 1 heterocycles. The number of hydrogen-bond donors (Lipinski definition) is 1. The summed E-state index contributed by atoms with van der Waals surface area (Å²) in [6.07, 6.45) is 1.82. The Morgan fingerprint density at radius 2 is 2.00 bits per heavy atom. The van der Waals surface area contributed by atoms with Gasteiger partial charge in [0, 0.05) is 49.4 Å². The molecule has 10 heavy (non-hydrogen) atoms. The number of para-hydroxylation sites is 1. The number of aromatic amines is 1. The van der Waals surface area contributed by atoms with Crippen molar-refractivity contribution in [1.29, 1.82) is 0 Å². The Labute approximate surface area is 78.6 Å². The van der Waals surface area contributed by atoms with Crippen molar-refractivity contribution < 1.29 is 26.2 Å². The Kier molecular flexibility index (Phi) is 2.45. The van der Waals surface area contributed by atoms with Gasteiger partial charge in [0.25, 0.3) is 0 Å². The SMILES string of the molecule is [Zr].[c]1c[nH]c2ccccc12. The van der Waals surface area contributed by atoms with Crippen LogP contribution in [0.2, 0.25) is 0 Å². The van der Waals surface area contributed by atoms with Gasteiger partial charge in [0.2, 0.25) is 0 Å². The van der Waals surface area contributed by atoms with Crippen molar-refractivity contribution in [1.82, 2.24) is 4.98 Å². The van der Waals surface area contributed by atoms with E-state index < -0.39 is 0 Å². The quantitative estimate of drug-likeness (QED) is 0.680. The molecule has 0 bridgehead atoms. The topological polar surface area (TPSA) is 15.8 Å².